The molecule has 1 aliphatic rings. The molecule has 1 aromatic carbocycles. The fourth-order valence-electron chi connectivity index (χ4n) is 2.83. The zero-order valence-corrected chi connectivity index (χ0v) is 12.2. The second-order valence-electron chi connectivity index (χ2n) is 5.97. The minimum absolute atomic E-state index is 0.160. The fourth-order valence-corrected chi connectivity index (χ4v) is 2.83. The van der Waals surface area contributed by atoms with Gasteiger partial charge in [0.05, 0.1) is 0 Å². The first-order valence-electron chi connectivity index (χ1n) is 7.29. The largest absolute Gasteiger partial charge is 0.310 e. The molecule has 1 aromatic rings. The summed E-state index contributed by atoms with van der Waals surface area (Å²) in [6.45, 7) is 9.06. The minimum atomic E-state index is -0.160. The molecule has 19 heavy (non-hydrogen) atoms. The van der Waals surface area contributed by atoms with Crippen LogP contribution < -0.4 is 5.32 Å². The summed E-state index contributed by atoms with van der Waals surface area (Å²) in [5.74, 6) is -0.160. The molecule has 2 nitrogen and oxygen atoms in total. The van der Waals surface area contributed by atoms with Crippen molar-refractivity contribution in [2.45, 2.75) is 51.7 Å². The monoisotopic (exact) mass is 264 g/mol. The highest BCUT2D eigenvalue weighted by Crippen LogP contribution is 2.14. The van der Waals surface area contributed by atoms with Crippen LogP contribution in [0.2, 0.25) is 0 Å². The number of rotatable bonds is 5. The van der Waals surface area contributed by atoms with Crippen LogP contribution >= 0.6 is 0 Å². The normalized spacial score (nSPS) is 22.1. The maximum absolute atomic E-state index is 12.8. The van der Waals surface area contributed by atoms with E-state index in [1.165, 1.54) is 30.7 Å². The van der Waals surface area contributed by atoms with Crippen molar-refractivity contribution < 1.29 is 4.39 Å². The molecule has 106 valence electrons. The molecule has 2 atom stereocenters. The number of hydrogen-bond acceptors (Lipinski definition) is 2. The average molecular weight is 264 g/mol. The molecule has 0 bridgehead atoms. The molecule has 0 radical (unpaired) electrons. The molecule has 0 spiro atoms. The summed E-state index contributed by atoms with van der Waals surface area (Å²) in [5.41, 5.74) is 1.19. The summed E-state index contributed by atoms with van der Waals surface area (Å²) in [4.78, 5) is 2.52. The Morgan fingerprint density at radius 2 is 1.95 bits per heavy atom. The summed E-state index contributed by atoms with van der Waals surface area (Å²) in [6, 6.07) is 8.50. The predicted octanol–water partition coefficient (Wildman–Crippen LogP) is 2.83. The van der Waals surface area contributed by atoms with E-state index >= 15 is 0 Å². The van der Waals surface area contributed by atoms with Gasteiger partial charge in [-0.2, -0.15) is 0 Å². The summed E-state index contributed by atoms with van der Waals surface area (Å²) >= 11 is 0. The van der Waals surface area contributed by atoms with Crippen LogP contribution in [0.1, 0.15) is 32.8 Å². The van der Waals surface area contributed by atoms with Crippen molar-refractivity contribution in [2.24, 2.45) is 0 Å². The number of nitrogens with zero attached hydrogens (tertiary/aromatic N) is 1. The van der Waals surface area contributed by atoms with Crippen molar-refractivity contribution in [1.29, 1.82) is 0 Å². The van der Waals surface area contributed by atoms with Crippen LogP contribution in [-0.2, 0) is 6.42 Å². The van der Waals surface area contributed by atoms with Gasteiger partial charge in [-0.05, 0) is 57.9 Å². The maximum Gasteiger partial charge on any atom is 0.123 e. The van der Waals surface area contributed by atoms with Crippen molar-refractivity contribution >= 4 is 0 Å². The molecule has 1 fully saturated rings. The van der Waals surface area contributed by atoms with E-state index in [1.807, 2.05) is 12.1 Å². The summed E-state index contributed by atoms with van der Waals surface area (Å²) in [7, 11) is 0. The Morgan fingerprint density at radius 1 is 1.26 bits per heavy atom. The van der Waals surface area contributed by atoms with E-state index in [0.717, 1.165) is 13.0 Å². The molecule has 1 saturated heterocycles. The first-order valence-corrected chi connectivity index (χ1v) is 7.29. The summed E-state index contributed by atoms with van der Waals surface area (Å²) < 4.78 is 12.8. The Kier molecular flexibility index (Phi) is 4.94. The van der Waals surface area contributed by atoms with Crippen LogP contribution in [0.25, 0.3) is 0 Å². The summed E-state index contributed by atoms with van der Waals surface area (Å²) in [5, 5.41) is 3.69. The van der Waals surface area contributed by atoms with Crippen molar-refractivity contribution in [1.82, 2.24) is 10.2 Å². The van der Waals surface area contributed by atoms with Crippen molar-refractivity contribution in [3.8, 4) is 0 Å². The van der Waals surface area contributed by atoms with Gasteiger partial charge >= 0.3 is 0 Å². The van der Waals surface area contributed by atoms with Gasteiger partial charge < -0.3 is 5.32 Å². The van der Waals surface area contributed by atoms with Gasteiger partial charge in [-0.3, -0.25) is 4.90 Å². The summed E-state index contributed by atoms with van der Waals surface area (Å²) in [6.07, 6.45) is 2.18. The van der Waals surface area contributed by atoms with E-state index in [2.05, 4.69) is 31.0 Å². The topological polar surface area (TPSA) is 15.3 Å². The molecule has 1 N–H and O–H groups in total. The molecule has 0 aliphatic carbocycles. The standard InChI is InChI=1S/C16H25FN2/c1-12(2)19-9-8-16(11-19)18-13(3)10-14-4-6-15(17)7-5-14/h4-7,12-13,16,18H,8-11H2,1-3H3. The average Bonchev–Trinajstić information content (AvgIpc) is 2.80. The van der Waals surface area contributed by atoms with Crippen molar-refractivity contribution in [3.05, 3.63) is 35.6 Å². The number of likely N-dealkylation sites (tertiary alicyclic amines) is 1. The van der Waals surface area contributed by atoms with E-state index in [0.29, 0.717) is 18.1 Å². The second-order valence-corrected chi connectivity index (χ2v) is 5.97. The van der Waals surface area contributed by atoms with Gasteiger partial charge in [0.2, 0.25) is 0 Å². The van der Waals surface area contributed by atoms with E-state index in [1.54, 1.807) is 0 Å². The molecular weight excluding hydrogens is 239 g/mol. The Labute approximate surface area is 116 Å². The van der Waals surface area contributed by atoms with Crippen LogP contribution in [0, 0.1) is 5.82 Å². The number of nitrogens with one attached hydrogen (secondary N) is 1. The fraction of sp³-hybridized carbons (Fsp3) is 0.625. The SMILES string of the molecule is CC(Cc1ccc(F)cc1)NC1CCN(C(C)C)C1. The highest BCUT2D eigenvalue weighted by atomic mass is 19.1. The van der Waals surface area contributed by atoms with Crippen LogP contribution in [0.3, 0.4) is 0 Å². The molecule has 3 heteroatoms. The maximum atomic E-state index is 12.8. The Bertz CT molecular complexity index is 388. The van der Waals surface area contributed by atoms with Gasteiger partial charge in [0.15, 0.2) is 0 Å². The third kappa shape index (κ3) is 4.29. The van der Waals surface area contributed by atoms with Gasteiger partial charge in [-0.1, -0.05) is 12.1 Å². The number of halogens is 1. The molecule has 2 rings (SSSR count). The third-order valence-corrected chi connectivity index (χ3v) is 3.93. The predicted molar refractivity (Wildman–Crippen MR) is 77.8 cm³/mol. The lowest BCUT2D eigenvalue weighted by Gasteiger charge is -2.22. The van der Waals surface area contributed by atoms with Gasteiger partial charge in [0.1, 0.15) is 5.82 Å². The lowest BCUT2D eigenvalue weighted by molar-refractivity contribution is 0.266. The Hall–Kier alpha value is -0.930. The van der Waals surface area contributed by atoms with Crippen LogP contribution in [0.15, 0.2) is 24.3 Å². The van der Waals surface area contributed by atoms with E-state index in [4.69, 9.17) is 0 Å². The van der Waals surface area contributed by atoms with Gasteiger partial charge in [0.25, 0.3) is 0 Å². The van der Waals surface area contributed by atoms with E-state index < -0.39 is 0 Å². The molecule has 1 heterocycles. The lowest BCUT2D eigenvalue weighted by atomic mass is 10.1. The third-order valence-electron chi connectivity index (χ3n) is 3.93. The smallest absolute Gasteiger partial charge is 0.123 e. The molecule has 0 amide bonds. The first-order chi connectivity index (χ1) is 9.04. The van der Waals surface area contributed by atoms with Gasteiger partial charge in [0, 0.05) is 24.7 Å². The highest BCUT2D eigenvalue weighted by Gasteiger charge is 2.24. The Morgan fingerprint density at radius 3 is 2.53 bits per heavy atom. The zero-order chi connectivity index (χ0) is 13.8. The van der Waals surface area contributed by atoms with Crippen LogP contribution in [-0.4, -0.2) is 36.1 Å². The van der Waals surface area contributed by atoms with Crippen molar-refractivity contribution in [3.63, 3.8) is 0 Å². The Balaban J connectivity index is 1.78. The van der Waals surface area contributed by atoms with Gasteiger partial charge in [-0.25, -0.2) is 4.39 Å². The second kappa shape index (κ2) is 6.49. The highest BCUT2D eigenvalue weighted by molar-refractivity contribution is 5.17. The number of hydrogen-bond donors (Lipinski definition) is 1. The lowest BCUT2D eigenvalue weighted by Crippen LogP contribution is -2.40. The molecule has 0 aromatic heterocycles. The first kappa shape index (κ1) is 14.5. The minimum Gasteiger partial charge on any atom is -0.310 e. The van der Waals surface area contributed by atoms with E-state index in [9.17, 15) is 4.39 Å². The van der Waals surface area contributed by atoms with Crippen molar-refractivity contribution in [2.75, 3.05) is 13.1 Å². The van der Waals surface area contributed by atoms with E-state index in [-0.39, 0.29) is 5.82 Å². The number of benzene rings is 1. The zero-order valence-electron chi connectivity index (χ0n) is 12.2. The van der Waals surface area contributed by atoms with Crippen LogP contribution in [0.5, 0.6) is 0 Å². The quantitative estimate of drug-likeness (QED) is 0.880. The molecule has 1 aliphatic heterocycles. The van der Waals surface area contributed by atoms with Gasteiger partial charge in [-0.15, -0.1) is 0 Å². The molecule has 2 unspecified atom stereocenters. The van der Waals surface area contributed by atoms with Crippen LogP contribution in [0.4, 0.5) is 4.39 Å². The molecular formula is C16H25FN2. The molecule has 0 saturated carbocycles.